The van der Waals surface area contributed by atoms with Crippen LogP contribution in [-0.2, 0) is 21.2 Å². The first-order valence-corrected chi connectivity index (χ1v) is 8.36. The van der Waals surface area contributed by atoms with Crippen LogP contribution in [0.3, 0.4) is 0 Å². The van der Waals surface area contributed by atoms with Crippen LogP contribution in [0.5, 0.6) is 0 Å². The summed E-state index contributed by atoms with van der Waals surface area (Å²) in [6, 6.07) is 5.01. The Balaban J connectivity index is 2.62. The van der Waals surface area contributed by atoms with Gasteiger partial charge in [0.2, 0.25) is 10.0 Å². The normalized spacial score (nSPS) is 11.7. The minimum absolute atomic E-state index is 0.289. The van der Waals surface area contributed by atoms with Gasteiger partial charge in [-0.1, -0.05) is 13.0 Å². The van der Waals surface area contributed by atoms with Gasteiger partial charge < -0.3 is 10.5 Å². The van der Waals surface area contributed by atoms with Crippen LogP contribution < -0.4 is 10.5 Å². The molecule has 1 aromatic carbocycles. The average molecular weight is 300 g/mol. The number of hydrogen-bond donors (Lipinski definition) is 2. The molecule has 0 unspecified atom stereocenters. The second kappa shape index (κ2) is 8.24. The van der Waals surface area contributed by atoms with Crippen LogP contribution >= 0.6 is 0 Å². The molecule has 1 aromatic rings. The molecule has 5 nitrogen and oxygen atoms in total. The molecule has 0 spiro atoms. The van der Waals surface area contributed by atoms with Crippen LogP contribution in [0.25, 0.3) is 0 Å². The van der Waals surface area contributed by atoms with Crippen molar-refractivity contribution >= 4 is 15.7 Å². The zero-order chi connectivity index (χ0) is 15.0. The number of hydrogen-bond acceptors (Lipinski definition) is 4. The lowest BCUT2D eigenvalue weighted by molar-refractivity contribution is 0.192. The Morgan fingerprint density at radius 2 is 2.00 bits per heavy atom. The molecule has 0 aliphatic rings. The number of rotatable bonds is 9. The summed E-state index contributed by atoms with van der Waals surface area (Å²) in [7, 11) is -1.82. The first-order valence-electron chi connectivity index (χ1n) is 6.88. The van der Waals surface area contributed by atoms with Gasteiger partial charge in [-0.3, -0.25) is 0 Å². The summed E-state index contributed by atoms with van der Waals surface area (Å²) in [6.45, 7) is 3.07. The fourth-order valence-corrected chi connectivity index (χ4v) is 3.36. The van der Waals surface area contributed by atoms with E-state index in [2.05, 4.69) is 4.72 Å². The van der Waals surface area contributed by atoms with Gasteiger partial charge in [0.25, 0.3) is 0 Å². The first-order chi connectivity index (χ1) is 9.51. The number of anilines is 1. The second-order valence-electron chi connectivity index (χ2n) is 4.67. The van der Waals surface area contributed by atoms with E-state index in [9.17, 15) is 8.42 Å². The fraction of sp³-hybridized carbons (Fsp3) is 0.571. The van der Waals surface area contributed by atoms with E-state index < -0.39 is 10.0 Å². The molecule has 0 atom stereocenters. The lowest BCUT2D eigenvalue weighted by atomic mass is 10.1. The van der Waals surface area contributed by atoms with Gasteiger partial charge >= 0.3 is 0 Å². The zero-order valence-corrected chi connectivity index (χ0v) is 13.0. The quantitative estimate of drug-likeness (QED) is 0.539. The predicted molar refractivity (Wildman–Crippen MR) is 81.1 cm³/mol. The maximum atomic E-state index is 12.3. The third-order valence-corrected chi connectivity index (χ3v) is 4.62. The Morgan fingerprint density at radius 1 is 1.25 bits per heavy atom. The second-order valence-corrected chi connectivity index (χ2v) is 6.41. The fourth-order valence-electron chi connectivity index (χ4n) is 1.95. The molecule has 0 aromatic heterocycles. The molecule has 0 radical (unpaired) electrons. The highest BCUT2D eigenvalue weighted by atomic mass is 32.2. The van der Waals surface area contributed by atoms with Gasteiger partial charge in [0, 0.05) is 25.9 Å². The number of unbranched alkanes of at least 4 members (excludes halogenated alkanes) is 2. The van der Waals surface area contributed by atoms with Gasteiger partial charge in [-0.25, -0.2) is 13.1 Å². The summed E-state index contributed by atoms with van der Waals surface area (Å²) >= 11 is 0. The average Bonchev–Trinajstić information content (AvgIpc) is 2.42. The molecular weight excluding hydrogens is 276 g/mol. The third-order valence-electron chi connectivity index (χ3n) is 3.08. The van der Waals surface area contributed by atoms with Crippen molar-refractivity contribution in [3.8, 4) is 0 Å². The van der Waals surface area contributed by atoms with Crippen molar-refractivity contribution < 1.29 is 13.2 Å². The topological polar surface area (TPSA) is 81.4 Å². The number of ether oxygens (including phenoxy) is 1. The minimum atomic E-state index is -3.48. The number of sulfonamides is 1. The highest BCUT2D eigenvalue weighted by Crippen LogP contribution is 2.19. The van der Waals surface area contributed by atoms with Gasteiger partial charge in [-0.05, 0) is 43.4 Å². The van der Waals surface area contributed by atoms with E-state index in [-0.39, 0.29) is 4.90 Å². The first kappa shape index (κ1) is 16.9. The van der Waals surface area contributed by atoms with E-state index in [0.717, 1.165) is 24.8 Å². The number of aryl methyl sites for hydroxylation is 1. The van der Waals surface area contributed by atoms with Crippen LogP contribution in [0.1, 0.15) is 31.7 Å². The van der Waals surface area contributed by atoms with Crippen LogP contribution in [0.4, 0.5) is 5.69 Å². The molecule has 0 amide bonds. The third kappa shape index (κ3) is 5.11. The van der Waals surface area contributed by atoms with E-state index in [1.165, 1.54) is 6.07 Å². The molecule has 0 aliphatic heterocycles. The Hall–Kier alpha value is -1.11. The van der Waals surface area contributed by atoms with Gasteiger partial charge in [-0.15, -0.1) is 0 Å². The molecule has 0 aliphatic carbocycles. The summed E-state index contributed by atoms with van der Waals surface area (Å²) < 4.78 is 32.1. The SMILES string of the molecule is CCc1ccc(N)cc1S(=O)(=O)NCCCCCOC. The molecule has 0 saturated heterocycles. The lowest BCUT2D eigenvalue weighted by Crippen LogP contribution is -2.26. The van der Waals surface area contributed by atoms with Crippen molar-refractivity contribution in [2.24, 2.45) is 0 Å². The van der Waals surface area contributed by atoms with E-state index in [4.69, 9.17) is 10.5 Å². The minimum Gasteiger partial charge on any atom is -0.399 e. The summed E-state index contributed by atoms with van der Waals surface area (Å²) in [5, 5.41) is 0. The maximum Gasteiger partial charge on any atom is 0.240 e. The molecule has 20 heavy (non-hydrogen) atoms. The van der Waals surface area contributed by atoms with Crippen LogP contribution in [-0.4, -0.2) is 28.7 Å². The standard InChI is InChI=1S/C14H24N2O3S/c1-3-12-7-8-13(15)11-14(12)20(17,18)16-9-5-4-6-10-19-2/h7-8,11,16H,3-6,9-10,15H2,1-2H3. The van der Waals surface area contributed by atoms with Crippen molar-refractivity contribution in [1.29, 1.82) is 0 Å². The van der Waals surface area contributed by atoms with Gasteiger partial charge in [-0.2, -0.15) is 0 Å². The van der Waals surface area contributed by atoms with Crippen LogP contribution in [0.2, 0.25) is 0 Å². The van der Waals surface area contributed by atoms with Crippen molar-refractivity contribution in [3.05, 3.63) is 23.8 Å². The van der Waals surface area contributed by atoms with Crippen LogP contribution in [0.15, 0.2) is 23.1 Å². The van der Waals surface area contributed by atoms with Crippen molar-refractivity contribution in [1.82, 2.24) is 4.72 Å². The number of benzene rings is 1. The molecule has 0 bridgehead atoms. The summed E-state index contributed by atoms with van der Waals surface area (Å²) in [4.78, 5) is 0.289. The van der Waals surface area contributed by atoms with Gasteiger partial charge in [0.1, 0.15) is 0 Å². The summed E-state index contributed by atoms with van der Waals surface area (Å²) in [6.07, 6.45) is 3.33. The van der Waals surface area contributed by atoms with Gasteiger partial charge in [0.15, 0.2) is 0 Å². The molecule has 0 saturated carbocycles. The molecule has 0 heterocycles. The van der Waals surface area contributed by atoms with E-state index in [0.29, 0.717) is 25.3 Å². The summed E-state index contributed by atoms with van der Waals surface area (Å²) in [5.41, 5.74) is 6.93. The Labute approximate surface area is 121 Å². The molecule has 0 fully saturated rings. The number of nitrogens with two attached hydrogens (primary N) is 1. The molecule has 114 valence electrons. The maximum absolute atomic E-state index is 12.3. The van der Waals surface area contributed by atoms with Crippen molar-refractivity contribution in [2.45, 2.75) is 37.5 Å². The number of nitrogen functional groups attached to an aromatic ring is 1. The van der Waals surface area contributed by atoms with Crippen molar-refractivity contribution in [3.63, 3.8) is 0 Å². The van der Waals surface area contributed by atoms with E-state index >= 15 is 0 Å². The monoisotopic (exact) mass is 300 g/mol. The summed E-state index contributed by atoms with van der Waals surface area (Å²) in [5.74, 6) is 0. The Bertz CT molecular complexity index is 515. The zero-order valence-electron chi connectivity index (χ0n) is 12.2. The van der Waals surface area contributed by atoms with E-state index in [1.807, 2.05) is 6.92 Å². The van der Waals surface area contributed by atoms with E-state index in [1.54, 1.807) is 19.2 Å². The molecule has 3 N–H and O–H groups in total. The number of nitrogens with one attached hydrogen (secondary N) is 1. The smallest absolute Gasteiger partial charge is 0.240 e. The van der Waals surface area contributed by atoms with Crippen molar-refractivity contribution in [2.75, 3.05) is 26.0 Å². The highest BCUT2D eigenvalue weighted by molar-refractivity contribution is 7.89. The largest absolute Gasteiger partial charge is 0.399 e. The molecular formula is C14H24N2O3S. The molecule has 1 rings (SSSR count). The number of methoxy groups -OCH3 is 1. The van der Waals surface area contributed by atoms with Crippen LogP contribution in [0, 0.1) is 0 Å². The predicted octanol–water partition coefficient (Wildman–Crippen LogP) is 1.93. The lowest BCUT2D eigenvalue weighted by Gasteiger charge is -2.11. The highest BCUT2D eigenvalue weighted by Gasteiger charge is 2.17. The van der Waals surface area contributed by atoms with Gasteiger partial charge in [0.05, 0.1) is 4.90 Å². The molecule has 6 heteroatoms. The Morgan fingerprint density at radius 3 is 2.65 bits per heavy atom. The Kier molecular flexibility index (Phi) is 6.98.